The molecule has 7 nitrogen and oxygen atoms in total. The molecule has 2 heterocycles. The molecular weight excluding hydrogens is 561 g/mol. The summed E-state index contributed by atoms with van der Waals surface area (Å²) < 4.78 is 108. The van der Waals surface area contributed by atoms with E-state index >= 15 is 0 Å². The first-order chi connectivity index (χ1) is 15.0. The zero-order chi connectivity index (χ0) is 24.8. The second-order valence-corrected chi connectivity index (χ2v) is 12.0. The van der Waals surface area contributed by atoms with E-state index in [1.54, 1.807) is 0 Å². The van der Waals surface area contributed by atoms with Crippen LogP contribution in [0.3, 0.4) is 0 Å². The van der Waals surface area contributed by atoms with Gasteiger partial charge in [-0.2, -0.15) is 26.7 Å². The summed E-state index contributed by atoms with van der Waals surface area (Å²) in [5.74, 6) is -6.20. The van der Waals surface area contributed by atoms with E-state index in [2.05, 4.69) is 9.51 Å². The first-order valence-electron chi connectivity index (χ1n) is 8.32. The second kappa shape index (κ2) is 8.91. The van der Waals surface area contributed by atoms with Crippen LogP contribution in [0.1, 0.15) is 5.56 Å². The summed E-state index contributed by atoms with van der Waals surface area (Å²) in [5.41, 5.74) is -1.63. The lowest BCUT2D eigenvalue weighted by atomic mass is 10.1. The Labute approximate surface area is 196 Å². The maximum Gasteiger partial charge on any atom is 0.458 e. The molecule has 2 aromatic heterocycles. The summed E-state index contributed by atoms with van der Waals surface area (Å²) in [6.07, 6.45) is -6.35. The Balaban J connectivity index is 1.78. The Morgan fingerprint density at radius 3 is 2.36 bits per heavy atom. The van der Waals surface area contributed by atoms with Crippen LogP contribution in [-0.4, -0.2) is 30.8 Å². The fraction of sp³-hybridized carbons (Fsp3) is 0.188. The number of nitrogens with zero attached hydrogens (tertiary/aromatic N) is 1. The fourth-order valence-corrected chi connectivity index (χ4v) is 6.88. The highest BCUT2D eigenvalue weighted by atomic mass is 35.5. The number of halogens is 7. The molecule has 17 heteroatoms. The van der Waals surface area contributed by atoms with Gasteiger partial charge in [-0.3, -0.25) is 4.98 Å². The maximum absolute atomic E-state index is 13.5. The van der Waals surface area contributed by atoms with Gasteiger partial charge >= 0.3 is 19.7 Å². The third-order valence-corrected chi connectivity index (χ3v) is 9.03. The Morgan fingerprint density at radius 2 is 1.76 bits per heavy atom. The van der Waals surface area contributed by atoms with E-state index in [0.29, 0.717) is 16.3 Å². The number of hydrogen-bond acceptors (Lipinski definition) is 6. The molecule has 0 saturated heterocycles. The van der Waals surface area contributed by atoms with Crippen LogP contribution < -0.4 is 9.25 Å². The molecule has 0 radical (unpaired) electrons. The summed E-state index contributed by atoms with van der Waals surface area (Å²) in [6, 6.07) is 4.26. The average molecular weight is 571 g/mol. The Kier molecular flexibility index (Phi) is 7.04. The maximum atomic E-state index is 13.5. The minimum absolute atomic E-state index is 0.174. The van der Waals surface area contributed by atoms with Gasteiger partial charge in [0.15, 0.2) is 0 Å². The number of rotatable bonds is 7. The summed E-state index contributed by atoms with van der Waals surface area (Å²) in [4.78, 5) is 13.0. The predicted octanol–water partition coefficient (Wildman–Crippen LogP) is 5.76. The van der Waals surface area contributed by atoms with Crippen molar-refractivity contribution in [3.8, 4) is 5.75 Å². The van der Waals surface area contributed by atoms with E-state index < -0.39 is 47.3 Å². The molecule has 0 aliphatic rings. The highest BCUT2D eigenvalue weighted by Gasteiger charge is 2.59. The van der Waals surface area contributed by atoms with Crippen molar-refractivity contribution in [2.75, 3.05) is 6.29 Å². The number of sulfonamides is 1. The van der Waals surface area contributed by atoms with Crippen molar-refractivity contribution in [2.24, 2.45) is 0 Å². The molecule has 2 N–H and O–H groups in total. The number of fused-ring (bicyclic) bond motifs is 1. The number of hydrogen-bond donors (Lipinski definition) is 2. The Hall–Kier alpha value is -1.54. The lowest BCUT2D eigenvalue weighted by molar-refractivity contribution is -0.289. The molecule has 0 aliphatic carbocycles. The van der Waals surface area contributed by atoms with Crippen molar-refractivity contribution < 1.29 is 44.4 Å². The Bertz CT molecular complexity index is 1330. The molecule has 33 heavy (non-hydrogen) atoms. The van der Waals surface area contributed by atoms with E-state index in [1.165, 1.54) is 18.2 Å². The first-order valence-corrected chi connectivity index (χ1v) is 13.1. The van der Waals surface area contributed by atoms with Crippen LogP contribution in [0.15, 0.2) is 40.9 Å². The fourth-order valence-electron chi connectivity index (χ4n) is 2.41. The number of pyridine rings is 1. The molecule has 1 atom stereocenters. The van der Waals surface area contributed by atoms with Gasteiger partial charge in [-0.1, -0.05) is 23.2 Å². The molecule has 0 amide bonds. The standard InChI is InChI=1S/C16H10Cl2F5N2O5PS2/c17-11-1-2-12(18)14-10(11)4-13(32-14)33(28,29)25-7-31(26,27)30-9-3-8(5-24-6-9)15(19,20)16(21,22)23/h1-6,25H,7H2,(H,26,27). The van der Waals surface area contributed by atoms with Gasteiger partial charge in [-0.25, -0.2) is 13.0 Å². The Morgan fingerprint density at radius 1 is 1.12 bits per heavy atom. The van der Waals surface area contributed by atoms with E-state index in [-0.39, 0.29) is 26.5 Å². The van der Waals surface area contributed by atoms with Crippen LogP contribution in [-0.2, 0) is 20.5 Å². The zero-order valence-corrected chi connectivity index (χ0v) is 19.6. The molecule has 1 aromatic carbocycles. The molecule has 0 fully saturated rings. The molecule has 1 unspecified atom stereocenters. The highest BCUT2D eigenvalue weighted by Crippen LogP contribution is 2.47. The van der Waals surface area contributed by atoms with Gasteiger partial charge in [-0.05, 0) is 24.3 Å². The van der Waals surface area contributed by atoms with Crippen LogP contribution in [0, 0.1) is 0 Å². The lowest BCUT2D eigenvalue weighted by Crippen LogP contribution is -2.33. The van der Waals surface area contributed by atoms with Crippen LogP contribution in [0.5, 0.6) is 5.75 Å². The van der Waals surface area contributed by atoms with E-state index in [1.807, 2.05) is 4.72 Å². The minimum Gasteiger partial charge on any atom is -0.422 e. The van der Waals surface area contributed by atoms with Crippen LogP contribution in [0.4, 0.5) is 22.0 Å². The average Bonchev–Trinajstić information content (AvgIpc) is 3.16. The van der Waals surface area contributed by atoms with Crippen LogP contribution >= 0.6 is 42.1 Å². The van der Waals surface area contributed by atoms with Crippen molar-refractivity contribution in [1.29, 1.82) is 0 Å². The van der Waals surface area contributed by atoms with E-state index in [0.717, 1.165) is 11.3 Å². The van der Waals surface area contributed by atoms with Crippen molar-refractivity contribution in [1.82, 2.24) is 9.71 Å². The molecule has 3 rings (SSSR count). The SMILES string of the molecule is O=P(O)(CNS(=O)(=O)c1cc2c(Cl)ccc(Cl)c2s1)Oc1cncc(C(F)(F)C(F)(F)F)c1. The summed E-state index contributed by atoms with van der Waals surface area (Å²) in [7, 11) is -9.28. The normalized spacial score (nSPS) is 14.9. The molecule has 0 aliphatic heterocycles. The van der Waals surface area contributed by atoms with Gasteiger partial charge < -0.3 is 9.42 Å². The number of aromatic nitrogens is 1. The van der Waals surface area contributed by atoms with E-state index in [9.17, 15) is 39.8 Å². The first kappa shape index (κ1) is 26.1. The number of nitrogens with one attached hydrogen (secondary N) is 1. The van der Waals surface area contributed by atoms with Crippen LogP contribution in [0.2, 0.25) is 10.0 Å². The lowest BCUT2D eigenvalue weighted by Gasteiger charge is -2.20. The number of thiophene rings is 1. The third kappa shape index (κ3) is 5.59. The van der Waals surface area contributed by atoms with Gasteiger partial charge in [0.05, 0.1) is 21.5 Å². The summed E-state index contributed by atoms with van der Waals surface area (Å²) in [6.45, 7) is 0. The third-order valence-electron chi connectivity index (χ3n) is 3.96. The molecule has 180 valence electrons. The van der Waals surface area contributed by atoms with Gasteiger partial charge in [0.25, 0.3) is 10.0 Å². The van der Waals surface area contributed by atoms with Crippen molar-refractivity contribution in [3.05, 3.63) is 52.3 Å². The van der Waals surface area contributed by atoms with Crippen LogP contribution in [0.25, 0.3) is 10.1 Å². The second-order valence-electron chi connectivity index (χ2n) is 6.35. The summed E-state index contributed by atoms with van der Waals surface area (Å²) in [5, 5.41) is 0.762. The largest absolute Gasteiger partial charge is 0.458 e. The van der Waals surface area contributed by atoms with Gasteiger partial charge in [-0.15, -0.1) is 11.3 Å². The predicted molar refractivity (Wildman–Crippen MR) is 112 cm³/mol. The van der Waals surface area contributed by atoms with Gasteiger partial charge in [0.1, 0.15) is 16.2 Å². The van der Waals surface area contributed by atoms with Gasteiger partial charge in [0, 0.05) is 16.6 Å². The van der Waals surface area contributed by atoms with E-state index in [4.69, 9.17) is 23.2 Å². The molecular formula is C16H10Cl2F5N2O5PS2. The molecule has 0 spiro atoms. The minimum atomic E-state index is -5.94. The molecule has 0 saturated carbocycles. The van der Waals surface area contributed by atoms with Gasteiger partial charge in [0.2, 0.25) is 0 Å². The van der Waals surface area contributed by atoms with Crippen molar-refractivity contribution in [3.63, 3.8) is 0 Å². The monoisotopic (exact) mass is 570 g/mol. The highest BCUT2D eigenvalue weighted by molar-refractivity contribution is 7.92. The van der Waals surface area contributed by atoms with Crippen molar-refractivity contribution in [2.45, 2.75) is 16.3 Å². The zero-order valence-electron chi connectivity index (χ0n) is 15.6. The molecule has 0 bridgehead atoms. The van der Waals surface area contributed by atoms with Crippen molar-refractivity contribution >= 4 is 62.2 Å². The number of benzene rings is 1. The topological polar surface area (TPSA) is 106 Å². The smallest absolute Gasteiger partial charge is 0.422 e. The number of alkyl halides is 5. The quantitative estimate of drug-likeness (QED) is 0.276. The molecule has 3 aromatic rings. The summed E-state index contributed by atoms with van der Waals surface area (Å²) >= 11 is 12.7.